The molecule has 0 atom stereocenters. The molecule has 1 spiro atoms. The number of piperidine rings is 2. The van der Waals surface area contributed by atoms with Crippen molar-refractivity contribution in [1.82, 2.24) is 20.0 Å². The standard InChI is InChI=1S/C24H32N4O2/c29-22(7-6-19-8-13-25-14-9-19)27-15-11-24(12-16-27)23-20(10-17-30-24)18-28(26-23)21-4-2-1-3-5-21/h1-5,18-19,25H,6-17H2. The van der Waals surface area contributed by atoms with Gasteiger partial charge in [-0.25, -0.2) is 4.68 Å². The molecule has 3 aliphatic heterocycles. The molecule has 0 saturated carbocycles. The van der Waals surface area contributed by atoms with E-state index in [9.17, 15) is 4.79 Å². The maximum Gasteiger partial charge on any atom is 0.222 e. The number of carbonyl (C=O) groups is 1. The van der Waals surface area contributed by atoms with Gasteiger partial charge in [-0.2, -0.15) is 5.10 Å². The van der Waals surface area contributed by atoms with Crippen molar-refractivity contribution in [3.8, 4) is 5.69 Å². The number of hydrogen-bond acceptors (Lipinski definition) is 4. The molecule has 2 saturated heterocycles. The normalized spacial score (nSPS) is 21.5. The van der Waals surface area contributed by atoms with Crippen LogP contribution in [-0.2, 0) is 21.6 Å². The molecule has 5 rings (SSSR count). The third-order valence-corrected chi connectivity index (χ3v) is 7.14. The number of benzene rings is 1. The molecule has 0 unspecified atom stereocenters. The number of carbonyl (C=O) groups excluding carboxylic acids is 1. The van der Waals surface area contributed by atoms with Crippen LogP contribution in [0.5, 0.6) is 0 Å². The first-order valence-corrected chi connectivity index (χ1v) is 11.5. The van der Waals surface area contributed by atoms with Crippen molar-refractivity contribution in [2.24, 2.45) is 5.92 Å². The second-order valence-electron chi connectivity index (χ2n) is 8.99. The average molecular weight is 409 g/mol. The van der Waals surface area contributed by atoms with E-state index in [4.69, 9.17) is 9.84 Å². The Hall–Kier alpha value is -2.18. The maximum atomic E-state index is 12.8. The molecule has 3 aliphatic rings. The van der Waals surface area contributed by atoms with Crippen molar-refractivity contribution in [3.05, 3.63) is 47.8 Å². The molecule has 2 fully saturated rings. The summed E-state index contributed by atoms with van der Waals surface area (Å²) in [5.74, 6) is 1.02. The van der Waals surface area contributed by atoms with E-state index >= 15 is 0 Å². The summed E-state index contributed by atoms with van der Waals surface area (Å²) < 4.78 is 8.33. The van der Waals surface area contributed by atoms with Gasteiger partial charge < -0.3 is 15.0 Å². The van der Waals surface area contributed by atoms with E-state index in [0.717, 1.165) is 69.9 Å². The van der Waals surface area contributed by atoms with Crippen LogP contribution in [0.25, 0.3) is 5.69 Å². The van der Waals surface area contributed by atoms with Gasteiger partial charge in [-0.15, -0.1) is 0 Å². The lowest BCUT2D eigenvalue weighted by Crippen LogP contribution is -2.48. The van der Waals surface area contributed by atoms with Crippen LogP contribution in [-0.4, -0.2) is 53.4 Å². The van der Waals surface area contributed by atoms with Gasteiger partial charge in [0.25, 0.3) is 0 Å². The summed E-state index contributed by atoms with van der Waals surface area (Å²) >= 11 is 0. The smallest absolute Gasteiger partial charge is 0.222 e. The number of fused-ring (bicyclic) bond motifs is 2. The molecule has 160 valence electrons. The number of para-hydroxylation sites is 1. The fourth-order valence-corrected chi connectivity index (χ4v) is 5.27. The van der Waals surface area contributed by atoms with Crippen LogP contribution in [0.4, 0.5) is 0 Å². The Bertz CT molecular complexity index is 865. The average Bonchev–Trinajstić information content (AvgIpc) is 3.26. The highest BCUT2D eigenvalue weighted by Crippen LogP contribution is 2.41. The summed E-state index contributed by atoms with van der Waals surface area (Å²) in [6, 6.07) is 10.3. The van der Waals surface area contributed by atoms with Crippen molar-refractivity contribution in [3.63, 3.8) is 0 Å². The molecular formula is C24H32N4O2. The molecule has 6 heteroatoms. The van der Waals surface area contributed by atoms with E-state index in [0.29, 0.717) is 18.2 Å². The van der Waals surface area contributed by atoms with Crippen molar-refractivity contribution < 1.29 is 9.53 Å². The van der Waals surface area contributed by atoms with E-state index in [1.54, 1.807) is 0 Å². The number of amides is 1. The molecule has 1 aromatic carbocycles. The lowest BCUT2D eigenvalue weighted by molar-refractivity contribution is -0.141. The van der Waals surface area contributed by atoms with Crippen molar-refractivity contribution in [2.75, 3.05) is 32.8 Å². The molecule has 1 amide bonds. The molecule has 6 nitrogen and oxygen atoms in total. The highest BCUT2D eigenvalue weighted by Gasteiger charge is 2.44. The summed E-state index contributed by atoms with van der Waals surface area (Å²) in [5, 5.41) is 8.35. The largest absolute Gasteiger partial charge is 0.368 e. The Labute approximate surface area is 178 Å². The minimum Gasteiger partial charge on any atom is -0.368 e. The maximum absolute atomic E-state index is 12.8. The SMILES string of the molecule is O=C(CCC1CCNCC1)N1CCC2(CC1)OCCc1cn(-c3ccccc3)nc12. The van der Waals surface area contributed by atoms with E-state index in [2.05, 4.69) is 28.5 Å². The predicted octanol–water partition coefficient (Wildman–Crippen LogP) is 3.04. The number of ether oxygens (including phenoxy) is 1. The number of aromatic nitrogens is 2. The van der Waals surface area contributed by atoms with Gasteiger partial charge in [0.05, 0.1) is 18.0 Å². The monoisotopic (exact) mass is 408 g/mol. The van der Waals surface area contributed by atoms with Gasteiger partial charge in [0.1, 0.15) is 5.60 Å². The topological polar surface area (TPSA) is 59.4 Å². The molecule has 1 N–H and O–H groups in total. The van der Waals surface area contributed by atoms with Crippen molar-refractivity contribution in [1.29, 1.82) is 0 Å². The lowest BCUT2D eigenvalue weighted by Gasteiger charge is -2.43. The van der Waals surface area contributed by atoms with E-state index in [-0.39, 0.29) is 5.60 Å². The molecule has 2 aromatic rings. The zero-order chi connectivity index (χ0) is 20.4. The fourth-order valence-electron chi connectivity index (χ4n) is 5.27. The molecular weight excluding hydrogens is 376 g/mol. The van der Waals surface area contributed by atoms with Gasteiger partial charge >= 0.3 is 0 Å². The number of nitrogens with zero attached hydrogens (tertiary/aromatic N) is 3. The number of hydrogen-bond donors (Lipinski definition) is 1. The molecule has 4 heterocycles. The number of likely N-dealkylation sites (tertiary alicyclic amines) is 1. The molecule has 0 radical (unpaired) electrons. The Morgan fingerprint density at radius 2 is 1.93 bits per heavy atom. The summed E-state index contributed by atoms with van der Waals surface area (Å²) in [6.45, 7) is 4.46. The molecule has 0 bridgehead atoms. The first-order valence-electron chi connectivity index (χ1n) is 11.5. The van der Waals surface area contributed by atoms with Crippen LogP contribution in [0.1, 0.15) is 49.8 Å². The number of nitrogens with one attached hydrogen (secondary N) is 1. The number of rotatable bonds is 4. The highest BCUT2D eigenvalue weighted by molar-refractivity contribution is 5.76. The third-order valence-electron chi connectivity index (χ3n) is 7.14. The summed E-state index contributed by atoms with van der Waals surface area (Å²) in [6.07, 6.45) is 8.87. The zero-order valence-electron chi connectivity index (χ0n) is 17.7. The van der Waals surface area contributed by atoms with Gasteiger partial charge in [-0.05, 0) is 75.2 Å². The molecule has 0 aliphatic carbocycles. The van der Waals surface area contributed by atoms with Crippen LogP contribution in [0.3, 0.4) is 0 Å². The van der Waals surface area contributed by atoms with Crippen LogP contribution in [0.15, 0.2) is 36.5 Å². The van der Waals surface area contributed by atoms with Crippen molar-refractivity contribution in [2.45, 2.75) is 50.5 Å². The first-order chi connectivity index (χ1) is 14.7. The first kappa shape index (κ1) is 19.8. The Kier molecular flexibility index (Phi) is 5.61. The second-order valence-corrected chi connectivity index (χ2v) is 8.99. The molecule has 1 aromatic heterocycles. The quantitative estimate of drug-likeness (QED) is 0.845. The van der Waals surface area contributed by atoms with Crippen molar-refractivity contribution >= 4 is 5.91 Å². The van der Waals surface area contributed by atoms with Gasteiger partial charge in [-0.3, -0.25) is 4.79 Å². The van der Waals surface area contributed by atoms with Gasteiger partial charge in [0, 0.05) is 25.7 Å². The summed E-state index contributed by atoms with van der Waals surface area (Å²) in [5.41, 5.74) is 3.11. The summed E-state index contributed by atoms with van der Waals surface area (Å²) in [4.78, 5) is 14.9. The molecule has 30 heavy (non-hydrogen) atoms. The third kappa shape index (κ3) is 3.91. The van der Waals surface area contributed by atoms with E-state index in [1.807, 2.05) is 22.9 Å². The zero-order valence-corrected chi connectivity index (χ0v) is 17.7. The van der Waals surface area contributed by atoms with Gasteiger partial charge in [0.15, 0.2) is 0 Å². The Balaban J connectivity index is 1.24. The van der Waals surface area contributed by atoms with Crippen LogP contribution in [0, 0.1) is 5.92 Å². The van der Waals surface area contributed by atoms with Crippen LogP contribution in [0.2, 0.25) is 0 Å². The minimum absolute atomic E-state index is 0.314. The van der Waals surface area contributed by atoms with E-state index in [1.165, 1.54) is 18.4 Å². The highest BCUT2D eigenvalue weighted by atomic mass is 16.5. The van der Waals surface area contributed by atoms with Gasteiger partial charge in [0.2, 0.25) is 5.91 Å². The lowest BCUT2D eigenvalue weighted by atomic mass is 9.83. The predicted molar refractivity (Wildman–Crippen MR) is 116 cm³/mol. The van der Waals surface area contributed by atoms with Crippen LogP contribution < -0.4 is 5.32 Å². The van der Waals surface area contributed by atoms with Gasteiger partial charge in [-0.1, -0.05) is 18.2 Å². The second kappa shape index (κ2) is 8.52. The Morgan fingerprint density at radius 1 is 1.17 bits per heavy atom. The van der Waals surface area contributed by atoms with Crippen LogP contribution >= 0.6 is 0 Å². The summed E-state index contributed by atoms with van der Waals surface area (Å²) in [7, 11) is 0. The minimum atomic E-state index is -0.334. The Morgan fingerprint density at radius 3 is 2.70 bits per heavy atom. The van der Waals surface area contributed by atoms with E-state index < -0.39 is 0 Å². The fraction of sp³-hybridized carbons (Fsp3) is 0.583.